The molecule has 1 amide bonds. The minimum absolute atomic E-state index is 0.0141. The number of aromatic nitrogens is 2. The maximum atomic E-state index is 12.6. The van der Waals surface area contributed by atoms with Crippen LogP contribution in [0.2, 0.25) is 0 Å². The maximum absolute atomic E-state index is 12.6. The molecule has 3 rings (SSSR count). The van der Waals surface area contributed by atoms with Crippen molar-refractivity contribution in [3.8, 4) is 0 Å². The molecule has 2 heterocycles. The second-order valence-electron chi connectivity index (χ2n) is 7.28. The third kappa shape index (κ3) is 5.89. The van der Waals surface area contributed by atoms with E-state index in [4.69, 9.17) is 13.9 Å². The number of amides is 1. The number of nitrogens with one attached hydrogen (secondary N) is 1. The summed E-state index contributed by atoms with van der Waals surface area (Å²) in [6.07, 6.45) is 5.65. The van der Waals surface area contributed by atoms with Crippen molar-refractivity contribution in [2.45, 2.75) is 64.0 Å². The summed E-state index contributed by atoms with van der Waals surface area (Å²) in [6, 6.07) is 0. The zero-order valence-electron chi connectivity index (χ0n) is 18.4. The lowest BCUT2D eigenvalue weighted by molar-refractivity contribution is -0.113. The summed E-state index contributed by atoms with van der Waals surface area (Å²) in [7, 11) is 0. The van der Waals surface area contributed by atoms with Crippen LogP contribution in [0.1, 0.15) is 83.4 Å². The van der Waals surface area contributed by atoms with Gasteiger partial charge in [-0.2, -0.15) is 0 Å². The van der Waals surface area contributed by atoms with E-state index in [2.05, 4.69) is 15.5 Å². The second kappa shape index (κ2) is 11.5. The molecule has 9 nitrogen and oxygen atoms in total. The van der Waals surface area contributed by atoms with E-state index in [1.165, 1.54) is 6.42 Å². The van der Waals surface area contributed by atoms with Gasteiger partial charge in [-0.05, 0) is 39.2 Å². The summed E-state index contributed by atoms with van der Waals surface area (Å²) >= 11 is 2.12. The van der Waals surface area contributed by atoms with Gasteiger partial charge in [-0.3, -0.25) is 4.79 Å². The molecular formula is C21H27N3O6S2. The molecule has 0 unspecified atom stereocenters. The molecule has 2 aromatic rings. The lowest BCUT2D eigenvalue weighted by Gasteiger charge is -2.17. The number of esters is 2. The lowest BCUT2D eigenvalue weighted by Crippen LogP contribution is -2.16. The molecule has 174 valence electrons. The molecule has 11 heteroatoms. The van der Waals surface area contributed by atoms with Crippen molar-refractivity contribution in [1.82, 2.24) is 10.2 Å². The van der Waals surface area contributed by atoms with Crippen LogP contribution in [0.5, 0.6) is 0 Å². The fourth-order valence-corrected chi connectivity index (χ4v) is 5.20. The summed E-state index contributed by atoms with van der Waals surface area (Å²) in [5.41, 5.74) is 0.583. The van der Waals surface area contributed by atoms with Crippen molar-refractivity contribution in [2.24, 2.45) is 0 Å². The molecule has 1 N–H and O–H groups in total. The number of hydrogen-bond donors (Lipinski definition) is 1. The molecule has 1 aliphatic rings. The molecule has 32 heavy (non-hydrogen) atoms. The largest absolute Gasteiger partial charge is 0.462 e. The van der Waals surface area contributed by atoms with Gasteiger partial charge in [0.15, 0.2) is 0 Å². The summed E-state index contributed by atoms with van der Waals surface area (Å²) < 4.78 is 15.9. The van der Waals surface area contributed by atoms with Crippen LogP contribution >= 0.6 is 23.1 Å². The van der Waals surface area contributed by atoms with Crippen LogP contribution in [0.25, 0.3) is 0 Å². The predicted octanol–water partition coefficient (Wildman–Crippen LogP) is 4.57. The first kappa shape index (κ1) is 24.2. The zero-order valence-corrected chi connectivity index (χ0v) is 20.0. The van der Waals surface area contributed by atoms with Gasteiger partial charge in [-0.1, -0.05) is 31.0 Å². The highest BCUT2D eigenvalue weighted by atomic mass is 32.2. The third-order valence-electron chi connectivity index (χ3n) is 5.04. The SMILES string of the molecule is CCOC(=O)c1sc(NC(=O)CSc2nnc(C3CCCCC3)o2)c(C(=O)OCC)c1C. The minimum atomic E-state index is -0.603. The Kier molecular flexibility index (Phi) is 8.68. The Labute approximate surface area is 194 Å². The van der Waals surface area contributed by atoms with E-state index in [1.807, 2.05) is 0 Å². The van der Waals surface area contributed by atoms with Crippen LogP contribution in [0.15, 0.2) is 9.64 Å². The van der Waals surface area contributed by atoms with E-state index in [1.54, 1.807) is 20.8 Å². The number of carbonyl (C=O) groups is 3. The van der Waals surface area contributed by atoms with Crippen LogP contribution in [-0.2, 0) is 14.3 Å². The third-order valence-corrected chi connectivity index (χ3v) is 7.05. The molecule has 0 aromatic carbocycles. The quantitative estimate of drug-likeness (QED) is 0.405. The monoisotopic (exact) mass is 481 g/mol. The Morgan fingerprint density at radius 1 is 1.09 bits per heavy atom. The Bertz CT molecular complexity index is 965. The highest BCUT2D eigenvalue weighted by molar-refractivity contribution is 7.99. The number of ether oxygens (including phenoxy) is 2. The number of hydrogen-bond acceptors (Lipinski definition) is 10. The molecule has 0 saturated heterocycles. The van der Waals surface area contributed by atoms with Gasteiger partial charge in [-0.15, -0.1) is 21.5 Å². The average Bonchev–Trinajstić information content (AvgIpc) is 3.38. The van der Waals surface area contributed by atoms with E-state index >= 15 is 0 Å². The molecule has 0 radical (unpaired) electrons. The standard InChI is InChI=1S/C21H27N3O6S2/c1-4-28-19(26)15-12(3)16(20(27)29-5-2)32-18(15)22-14(25)11-31-21-24-23-17(30-21)13-9-7-6-8-10-13/h13H,4-11H2,1-3H3,(H,22,25). The molecule has 1 saturated carbocycles. The van der Waals surface area contributed by atoms with Gasteiger partial charge in [0.2, 0.25) is 11.8 Å². The van der Waals surface area contributed by atoms with Gasteiger partial charge in [0, 0.05) is 5.92 Å². The molecule has 0 spiro atoms. The molecule has 0 atom stereocenters. The summed E-state index contributed by atoms with van der Waals surface area (Å²) in [5, 5.41) is 11.5. The van der Waals surface area contributed by atoms with Gasteiger partial charge < -0.3 is 19.2 Å². The van der Waals surface area contributed by atoms with Gasteiger partial charge in [0.1, 0.15) is 9.88 Å². The van der Waals surface area contributed by atoms with E-state index in [-0.39, 0.29) is 40.3 Å². The molecule has 1 fully saturated rings. The van der Waals surface area contributed by atoms with Gasteiger partial charge in [0.25, 0.3) is 5.22 Å². The van der Waals surface area contributed by atoms with Crippen LogP contribution in [0, 0.1) is 6.92 Å². The Hall–Kier alpha value is -2.40. The van der Waals surface area contributed by atoms with Crippen LogP contribution in [0.4, 0.5) is 5.00 Å². The summed E-state index contributed by atoms with van der Waals surface area (Å²) in [5.74, 6) is -0.577. The number of thiophene rings is 1. The van der Waals surface area contributed by atoms with E-state index in [0.29, 0.717) is 22.6 Å². The minimum Gasteiger partial charge on any atom is -0.462 e. The van der Waals surface area contributed by atoms with Crippen molar-refractivity contribution < 1.29 is 28.3 Å². The van der Waals surface area contributed by atoms with Crippen molar-refractivity contribution in [3.63, 3.8) is 0 Å². The summed E-state index contributed by atoms with van der Waals surface area (Å²) in [6.45, 7) is 5.39. The molecule has 1 aliphatic carbocycles. The normalized spacial score (nSPS) is 14.2. The highest BCUT2D eigenvalue weighted by Crippen LogP contribution is 2.35. The molecular weight excluding hydrogens is 454 g/mol. The summed E-state index contributed by atoms with van der Waals surface area (Å²) in [4.78, 5) is 37.5. The van der Waals surface area contributed by atoms with Crippen molar-refractivity contribution in [2.75, 3.05) is 24.3 Å². The fourth-order valence-electron chi connectivity index (χ4n) is 3.53. The first-order valence-electron chi connectivity index (χ1n) is 10.7. The van der Waals surface area contributed by atoms with E-state index in [0.717, 1.165) is 48.8 Å². The van der Waals surface area contributed by atoms with E-state index in [9.17, 15) is 14.4 Å². The van der Waals surface area contributed by atoms with Crippen molar-refractivity contribution in [1.29, 1.82) is 0 Å². The maximum Gasteiger partial charge on any atom is 0.348 e. The Balaban J connectivity index is 1.67. The molecule has 2 aromatic heterocycles. The van der Waals surface area contributed by atoms with Crippen LogP contribution in [-0.4, -0.2) is 47.0 Å². The smallest absolute Gasteiger partial charge is 0.348 e. The van der Waals surface area contributed by atoms with Crippen LogP contribution < -0.4 is 5.32 Å². The predicted molar refractivity (Wildman–Crippen MR) is 120 cm³/mol. The molecule has 0 aliphatic heterocycles. The topological polar surface area (TPSA) is 121 Å². The number of carbonyl (C=O) groups excluding carboxylic acids is 3. The van der Waals surface area contributed by atoms with Crippen molar-refractivity contribution >= 4 is 45.9 Å². The Morgan fingerprint density at radius 2 is 1.78 bits per heavy atom. The molecule has 0 bridgehead atoms. The first-order valence-corrected chi connectivity index (χ1v) is 12.5. The highest BCUT2D eigenvalue weighted by Gasteiger charge is 2.27. The number of thioether (sulfide) groups is 1. The van der Waals surface area contributed by atoms with Crippen molar-refractivity contribution in [3.05, 3.63) is 21.9 Å². The first-order chi connectivity index (χ1) is 15.4. The Morgan fingerprint density at radius 3 is 2.47 bits per heavy atom. The number of nitrogens with zero attached hydrogens (tertiary/aromatic N) is 2. The zero-order chi connectivity index (χ0) is 23.1. The fraction of sp³-hybridized carbons (Fsp3) is 0.571. The van der Waals surface area contributed by atoms with Gasteiger partial charge in [0.05, 0.1) is 24.5 Å². The average molecular weight is 482 g/mol. The lowest BCUT2D eigenvalue weighted by atomic mass is 9.89. The number of anilines is 1. The van der Waals surface area contributed by atoms with Gasteiger partial charge >= 0.3 is 11.9 Å². The van der Waals surface area contributed by atoms with E-state index < -0.39 is 11.9 Å². The second-order valence-corrected chi connectivity index (χ2v) is 9.23. The van der Waals surface area contributed by atoms with Crippen LogP contribution in [0.3, 0.4) is 0 Å². The number of rotatable bonds is 9. The van der Waals surface area contributed by atoms with Gasteiger partial charge in [-0.25, -0.2) is 9.59 Å².